The number of nitrogens with one attached hydrogen (secondary N) is 1. The van der Waals surface area contributed by atoms with Crippen molar-refractivity contribution in [3.63, 3.8) is 0 Å². The van der Waals surface area contributed by atoms with Gasteiger partial charge in [0.2, 0.25) is 0 Å². The van der Waals surface area contributed by atoms with Crippen LogP contribution in [0.1, 0.15) is 34.3 Å². The predicted octanol–water partition coefficient (Wildman–Crippen LogP) is 3.07. The highest BCUT2D eigenvalue weighted by Gasteiger charge is 2.43. The second-order valence-corrected chi connectivity index (χ2v) is 8.70. The number of alkyl halides is 3. The van der Waals surface area contributed by atoms with Gasteiger partial charge in [-0.05, 0) is 49.4 Å². The molecular formula is C22H26F3N5O2. The first-order valence-corrected chi connectivity index (χ1v) is 10.6. The number of fused-ring (bicyclic) bond motifs is 1. The monoisotopic (exact) mass is 449 g/mol. The van der Waals surface area contributed by atoms with Crippen LogP contribution in [0, 0.1) is 11.8 Å². The molecular weight excluding hydrogens is 423 g/mol. The maximum atomic E-state index is 12.8. The van der Waals surface area contributed by atoms with Gasteiger partial charge in [0.15, 0.2) is 0 Å². The number of aromatic nitrogens is 2. The Morgan fingerprint density at radius 3 is 2.34 bits per heavy atom. The van der Waals surface area contributed by atoms with E-state index in [0.717, 1.165) is 30.5 Å². The Bertz CT molecular complexity index is 974. The molecule has 7 nitrogen and oxygen atoms in total. The fourth-order valence-corrected chi connectivity index (χ4v) is 4.83. The van der Waals surface area contributed by atoms with E-state index in [2.05, 4.69) is 15.3 Å². The molecule has 1 N–H and O–H groups in total. The third kappa shape index (κ3) is 4.50. The van der Waals surface area contributed by atoms with Crippen LogP contribution in [0.15, 0.2) is 36.7 Å². The minimum Gasteiger partial charge on any atom is -0.355 e. The lowest BCUT2D eigenvalue weighted by Gasteiger charge is -2.26. The summed E-state index contributed by atoms with van der Waals surface area (Å²) in [4.78, 5) is 28.4. The van der Waals surface area contributed by atoms with E-state index in [0.29, 0.717) is 43.1 Å². The van der Waals surface area contributed by atoms with E-state index >= 15 is 0 Å². The minimum atomic E-state index is -4.32. The molecule has 1 aromatic carbocycles. The molecule has 2 aromatic rings. The van der Waals surface area contributed by atoms with Gasteiger partial charge in [-0.1, -0.05) is 12.1 Å². The standard InChI is InChI=1S/C22H26F3N5O2/c1-26-20(31)17-9-27-30(13-17)21(32)29-11-15-7-19(8-16(15)12-29)28(2)10-14-3-5-18(6-4-14)22(23,24)25/h3-6,9,13,15-16,19H,7-8,10-12H2,1-2H3,(H,26,31)/t15-,16+,19?. The van der Waals surface area contributed by atoms with Gasteiger partial charge in [0.25, 0.3) is 5.91 Å². The van der Waals surface area contributed by atoms with E-state index in [9.17, 15) is 22.8 Å². The van der Waals surface area contributed by atoms with Gasteiger partial charge in [-0.3, -0.25) is 9.69 Å². The zero-order valence-corrected chi connectivity index (χ0v) is 18.0. The summed E-state index contributed by atoms with van der Waals surface area (Å²) in [5.41, 5.74) is 0.550. The van der Waals surface area contributed by atoms with Crippen molar-refractivity contribution >= 4 is 11.9 Å². The van der Waals surface area contributed by atoms with Crippen LogP contribution >= 0.6 is 0 Å². The molecule has 10 heteroatoms. The van der Waals surface area contributed by atoms with Gasteiger partial charge in [-0.15, -0.1) is 0 Å². The molecule has 1 saturated carbocycles. The summed E-state index contributed by atoms with van der Waals surface area (Å²) in [6, 6.07) is 5.42. The number of amides is 2. The Hall–Kier alpha value is -2.88. The number of likely N-dealkylation sites (tertiary alicyclic amines) is 1. The van der Waals surface area contributed by atoms with E-state index in [1.54, 1.807) is 4.90 Å². The van der Waals surface area contributed by atoms with Crippen molar-refractivity contribution in [1.82, 2.24) is 24.9 Å². The van der Waals surface area contributed by atoms with Gasteiger partial charge in [0.05, 0.1) is 17.3 Å². The molecule has 2 amide bonds. The number of nitrogens with zero attached hydrogens (tertiary/aromatic N) is 4. The maximum absolute atomic E-state index is 12.8. The van der Waals surface area contributed by atoms with Gasteiger partial charge in [0.1, 0.15) is 0 Å². The molecule has 1 aliphatic carbocycles. The van der Waals surface area contributed by atoms with Gasteiger partial charge >= 0.3 is 12.2 Å². The number of rotatable bonds is 4. The van der Waals surface area contributed by atoms with Gasteiger partial charge in [0, 0.05) is 38.9 Å². The van der Waals surface area contributed by atoms with Crippen molar-refractivity contribution in [3.05, 3.63) is 53.3 Å². The van der Waals surface area contributed by atoms with Crippen molar-refractivity contribution in [2.24, 2.45) is 11.8 Å². The Labute approximate surface area is 184 Å². The molecule has 1 aliphatic heterocycles. The summed E-state index contributed by atoms with van der Waals surface area (Å²) >= 11 is 0. The fourth-order valence-electron chi connectivity index (χ4n) is 4.83. The van der Waals surface area contributed by atoms with E-state index in [4.69, 9.17) is 0 Å². The second-order valence-electron chi connectivity index (χ2n) is 8.70. The molecule has 2 heterocycles. The number of hydrogen-bond donors (Lipinski definition) is 1. The van der Waals surface area contributed by atoms with Crippen molar-refractivity contribution in [3.8, 4) is 0 Å². The summed E-state index contributed by atoms with van der Waals surface area (Å²) < 4.78 is 39.5. The third-order valence-electron chi connectivity index (χ3n) is 6.60. The highest BCUT2D eigenvalue weighted by molar-refractivity contribution is 5.94. The fraction of sp³-hybridized carbons (Fsp3) is 0.500. The predicted molar refractivity (Wildman–Crippen MR) is 111 cm³/mol. The molecule has 4 rings (SSSR count). The van der Waals surface area contributed by atoms with E-state index in [1.807, 2.05) is 7.05 Å². The zero-order chi connectivity index (χ0) is 23.0. The Balaban J connectivity index is 1.31. The summed E-state index contributed by atoms with van der Waals surface area (Å²) in [6.45, 7) is 1.87. The first-order chi connectivity index (χ1) is 15.2. The Kier molecular flexibility index (Phi) is 5.98. The molecule has 3 atom stereocenters. The molecule has 32 heavy (non-hydrogen) atoms. The number of benzene rings is 1. The van der Waals surface area contributed by atoms with Crippen LogP contribution in [-0.4, -0.2) is 64.7 Å². The van der Waals surface area contributed by atoms with Gasteiger partial charge in [-0.25, -0.2) is 4.79 Å². The Morgan fingerprint density at radius 2 is 1.78 bits per heavy atom. The molecule has 1 aromatic heterocycles. The molecule has 0 bridgehead atoms. The molecule has 1 unspecified atom stereocenters. The Morgan fingerprint density at radius 1 is 1.16 bits per heavy atom. The number of carbonyl (C=O) groups excluding carboxylic acids is 2. The summed E-state index contributed by atoms with van der Waals surface area (Å²) in [5.74, 6) is 0.474. The van der Waals surface area contributed by atoms with Crippen molar-refractivity contribution in [2.45, 2.75) is 31.6 Å². The molecule has 1 saturated heterocycles. The van der Waals surface area contributed by atoms with Crippen LogP contribution < -0.4 is 5.32 Å². The quantitative estimate of drug-likeness (QED) is 0.779. The maximum Gasteiger partial charge on any atom is 0.416 e. The minimum absolute atomic E-state index is 0.232. The van der Waals surface area contributed by atoms with E-state index in [-0.39, 0.29) is 11.9 Å². The van der Waals surface area contributed by atoms with Crippen LogP contribution in [-0.2, 0) is 12.7 Å². The van der Waals surface area contributed by atoms with Crippen molar-refractivity contribution in [1.29, 1.82) is 0 Å². The summed E-state index contributed by atoms with van der Waals surface area (Å²) in [5, 5.41) is 6.53. The van der Waals surface area contributed by atoms with Crippen LogP contribution in [0.4, 0.5) is 18.0 Å². The van der Waals surface area contributed by atoms with Crippen molar-refractivity contribution in [2.75, 3.05) is 27.2 Å². The summed E-state index contributed by atoms with van der Waals surface area (Å²) in [7, 11) is 3.52. The molecule has 2 aliphatic rings. The van der Waals surface area contributed by atoms with Crippen LogP contribution in [0.25, 0.3) is 0 Å². The van der Waals surface area contributed by atoms with Crippen LogP contribution in [0.3, 0.4) is 0 Å². The zero-order valence-electron chi connectivity index (χ0n) is 18.0. The average Bonchev–Trinajstić information content (AvgIpc) is 3.47. The van der Waals surface area contributed by atoms with E-state index < -0.39 is 11.7 Å². The first kappa shape index (κ1) is 22.3. The number of hydrogen-bond acceptors (Lipinski definition) is 4. The SMILES string of the molecule is CNC(=O)c1cnn(C(=O)N2C[C@H]3CC(N(C)Cc4ccc(C(F)(F)F)cc4)C[C@H]3C2)c1. The highest BCUT2D eigenvalue weighted by atomic mass is 19.4. The number of halogens is 3. The molecule has 0 radical (unpaired) electrons. The highest BCUT2D eigenvalue weighted by Crippen LogP contribution is 2.40. The molecule has 2 fully saturated rings. The largest absolute Gasteiger partial charge is 0.416 e. The lowest BCUT2D eigenvalue weighted by Crippen LogP contribution is -2.36. The van der Waals surface area contributed by atoms with Crippen LogP contribution in [0.2, 0.25) is 0 Å². The lowest BCUT2D eigenvalue weighted by molar-refractivity contribution is -0.137. The molecule has 0 spiro atoms. The second kappa shape index (κ2) is 8.57. The van der Waals surface area contributed by atoms with Crippen LogP contribution in [0.5, 0.6) is 0 Å². The van der Waals surface area contributed by atoms with Crippen molar-refractivity contribution < 1.29 is 22.8 Å². The number of carbonyl (C=O) groups is 2. The third-order valence-corrected chi connectivity index (χ3v) is 6.60. The average molecular weight is 449 g/mol. The lowest BCUT2D eigenvalue weighted by atomic mass is 10.0. The topological polar surface area (TPSA) is 70.5 Å². The molecule has 172 valence electrons. The first-order valence-electron chi connectivity index (χ1n) is 10.6. The van der Waals surface area contributed by atoms with E-state index in [1.165, 1.54) is 36.3 Å². The van der Waals surface area contributed by atoms with Gasteiger partial charge in [-0.2, -0.15) is 23.0 Å². The smallest absolute Gasteiger partial charge is 0.355 e. The summed E-state index contributed by atoms with van der Waals surface area (Å²) in [6.07, 6.45) is 0.370. The van der Waals surface area contributed by atoms with Gasteiger partial charge < -0.3 is 10.2 Å². The normalized spacial score (nSPS) is 22.9.